The highest BCUT2D eigenvalue weighted by molar-refractivity contribution is 7.91. The lowest BCUT2D eigenvalue weighted by Gasteiger charge is -2.14. The molecular formula is C9H11N3O3S2. The Morgan fingerprint density at radius 3 is 2.71 bits per heavy atom. The van der Waals surface area contributed by atoms with Gasteiger partial charge in [-0.15, -0.1) is 11.3 Å². The van der Waals surface area contributed by atoms with Crippen LogP contribution < -0.4 is 5.32 Å². The number of rotatable bonds is 4. The van der Waals surface area contributed by atoms with E-state index in [2.05, 4.69) is 5.32 Å². The van der Waals surface area contributed by atoms with Gasteiger partial charge in [0.25, 0.3) is 10.0 Å². The Hall–Kier alpha value is -1.43. The number of sulfonamides is 1. The summed E-state index contributed by atoms with van der Waals surface area (Å²) < 4.78 is 24.9. The molecule has 1 aromatic heterocycles. The Balaban J connectivity index is 2.95. The highest BCUT2D eigenvalue weighted by Gasteiger charge is 2.24. The van der Waals surface area contributed by atoms with Crippen molar-refractivity contribution in [2.24, 2.45) is 0 Å². The molecule has 8 heteroatoms. The van der Waals surface area contributed by atoms with Gasteiger partial charge in [0, 0.05) is 14.1 Å². The third kappa shape index (κ3) is 3.03. The minimum Gasteiger partial charge on any atom is -0.358 e. The van der Waals surface area contributed by atoms with Crippen molar-refractivity contribution in [2.75, 3.05) is 20.6 Å². The van der Waals surface area contributed by atoms with E-state index in [0.29, 0.717) is 4.88 Å². The molecule has 0 saturated carbocycles. The monoisotopic (exact) mass is 273 g/mol. The van der Waals surface area contributed by atoms with Crippen molar-refractivity contribution < 1.29 is 13.2 Å². The van der Waals surface area contributed by atoms with Gasteiger partial charge in [-0.1, -0.05) is 0 Å². The molecule has 1 rings (SSSR count). The number of nitrogens with one attached hydrogen (secondary N) is 1. The average molecular weight is 273 g/mol. The summed E-state index contributed by atoms with van der Waals surface area (Å²) in [5.41, 5.74) is 0. The predicted octanol–water partition coefficient (Wildman–Crippen LogP) is -0.0137. The van der Waals surface area contributed by atoms with E-state index in [4.69, 9.17) is 5.26 Å². The van der Waals surface area contributed by atoms with E-state index in [0.717, 1.165) is 15.6 Å². The lowest BCUT2D eigenvalue weighted by molar-refractivity contribution is -0.120. The number of nitrogens with zero attached hydrogens (tertiary/aromatic N) is 2. The van der Waals surface area contributed by atoms with E-state index in [1.807, 2.05) is 6.07 Å². The largest absolute Gasteiger partial charge is 0.358 e. The number of nitriles is 1. The zero-order chi connectivity index (χ0) is 13.1. The Kier molecular flexibility index (Phi) is 4.22. The molecule has 0 unspecified atom stereocenters. The standard InChI is InChI=1S/C9H11N3O3S2/c1-11-8(13)6-12(2)17(14,15)9-4-3-7(5-10)16-9/h3-4H,6H2,1-2H3,(H,11,13). The third-order valence-electron chi connectivity index (χ3n) is 2.00. The Bertz CT molecular complexity index is 556. The molecule has 0 atom stereocenters. The molecule has 0 aliphatic heterocycles. The number of thiophene rings is 1. The van der Waals surface area contributed by atoms with Gasteiger partial charge in [0.1, 0.15) is 15.2 Å². The van der Waals surface area contributed by atoms with Crippen LogP contribution in [0.15, 0.2) is 16.3 Å². The SMILES string of the molecule is CNC(=O)CN(C)S(=O)(=O)c1ccc(C#N)s1. The molecule has 0 aliphatic rings. The van der Waals surface area contributed by atoms with Crippen LogP contribution in [0, 0.1) is 11.3 Å². The molecule has 92 valence electrons. The topological polar surface area (TPSA) is 90.3 Å². The van der Waals surface area contributed by atoms with Crippen molar-refractivity contribution in [3.63, 3.8) is 0 Å². The first-order chi connectivity index (χ1) is 7.91. The highest BCUT2D eigenvalue weighted by atomic mass is 32.2. The quantitative estimate of drug-likeness (QED) is 0.835. The summed E-state index contributed by atoms with van der Waals surface area (Å²) >= 11 is 0.880. The van der Waals surface area contributed by atoms with Crippen LogP contribution in [0.25, 0.3) is 0 Å². The van der Waals surface area contributed by atoms with Gasteiger partial charge in [-0.3, -0.25) is 4.79 Å². The Morgan fingerprint density at radius 1 is 1.59 bits per heavy atom. The summed E-state index contributed by atoms with van der Waals surface area (Å²) in [4.78, 5) is 11.4. The van der Waals surface area contributed by atoms with Gasteiger partial charge in [-0.25, -0.2) is 8.42 Å². The number of amides is 1. The summed E-state index contributed by atoms with van der Waals surface area (Å²) in [6.07, 6.45) is 0. The first kappa shape index (κ1) is 13.6. The molecule has 0 radical (unpaired) electrons. The van der Waals surface area contributed by atoms with Gasteiger partial charge in [0.2, 0.25) is 5.91 Å². The van der Waals surface area contributed by atoms with Gasteiger partial charge in [-0.05, 0) is 12.1 Å². The molecule has 1 amide bonds. The van der Waals surface area contributed by atoms with Gasteiger partial charge in [0.15, 0.2) is 0 Å². The summed E-state index contributed by atoms with van der Waals surface area (Å²) in [5.74, 6) is -0.395. The van der Waals surface area contributed by atoms with Crippen molar-refractivity contribution in [1.82, 2.24) is 9.62 Å². The summed E-state index contributed by atoms with van der Waals surface area (Å²) in [6.45, 7) is -0.251. The number of likely N-dealkylation sites (N-methyl/N-ethyl adjacent to an activating group) is 2. The minimum absolute atomic E-state index is 0.0560. The average Bonchev–Trinajstić information content (AvgIpc) is 2.77. The molecule has 6 nitrogen and oxygen atoms in total. The molecule has 0 aromatic carbocycles. The smallest absolute Gasteiger partial charge is 0.252 e. The van der Waals surface area contributed by atoms with Crippen molar-refractivity contribution in [3.8, 4) is 6.07 Å². The summed E-state index contributed by atoms with van der Waals surface area (Å²) in [5, 5.41) is 11.0. The Morgan fingerprint density at radius 2 is 2.24 bits per heavy atom. The van der Waals surface area contributed by atoms with Crippen LogP contribution in [0.5, 0.6) is 0 Å². The second-order valence-corrected chi connectivity index (χ2v) is 6.52. The molecule has 0 spiro atoms. The summed E-state index contributed by atoms with van der Waals surface area (Å²) in [6, 6.07) is 4.66. The van der Waals surface area contributed by atoms with E-state index >= 15 is 0 Å². The van der Waals surface area contributed by atoms with Crippen LogP contribution in [0.1, 0.15) is 4.88 Å². The van der Waals surface area contributed by atoms with Crippen LogP contribution in [0.2, 0.25) is 0 Å². The first-order valence-corrected chi connectivity index (χ1v) is 6.84. The zero-order valence-electron chi connectivity index (χ0n) is 9.30. The van der Waals surface area contributed by atoms with Gasteiger partial charge in [-0.2, -0.15) is 9.57 Å². The zero-order valence-corrected chi connectivity index (χ0v) is 10.9. The Labute approximate surface area is 104 Å². The fraction of sp³-hybridized carbons (Fsp3) is 0.333. The van der Waals surface area contributed by atoms with Gasteiger partial charge < -0.3 is 5.32 Å². The van der Waals surface area contributed by atoms with Gasteiger partial charge >= 0.3 is 0 Å². The lowest BCUT2D eigenvalue weighted by Crippen LogP contribution is -2.36. The molecule has 1 N–H and O–H groups in total. The third-order valence-corrected chi connectivity index (χ3v) is 5.26. The maximum absolute atomic E-state index is 12.0. The summed E-state index contributed by atoms with van der Waals surface area (Å²) in [7, 11) is -0.945. The first-order valence-electron chi connectivity index (χ1n) is 4.58. The highest BCUT2D eigenvalue weighted by Crippen LogP contribution is 2.23. The van der Waals surface area contributed by atoms with E-state index in [1.54, 1.807) is 0 Å². The number of hydrogen-bond acceptors (Lipinski definition) is 5. The van der Waals surface area contributed by atoms with E-state index in [9.17, 15) is 13.2 Å². The normalized spacial score (nSPS) is 11.2. The number of hydrogen-bond donors (Lipinski definition) is 1. The molecule has 1 aromatic rings. The van der Waals surface area contributed by atoms with E-state index in [-0.39, 0.29) is 10.8 Å². The van der Waals surface area contributed by atoms with Crippen molar-refractivity contribution in [1.29, 1.82) is 5.26 Å². The molecule has 0 fully saturated rings. The molecule has 0 aliphatic carbocycles. The van der Waals surface area contributed by atoms with Crippen LogP contribution >= 0.6 is 11.3 Å². The maximum Gasteiger partial charge on any atom is 0.252 e. The second kappa shape index (κ2) is 5.27. The van der Waals surface area contributed by atoms with Crippen LogP contribution in [-0.4, -0.2) is 39.3 Å². The van der Waals surface area contributed by atoms with Crippen molar-refractivity contribution in [3.05, 3.63) is 17.0 Å². The van der Waals surface area contributed by atoms with Crippen LogP contribution in [-0.2, 0) is 14.8 Å². The van der Waals surface area contributed by atoms with E-state index in [1.165, 1.54) is 26.2 Å². The fourth-order valence-corrected chi connectivity index (χ4v) is 3.48. The fourth-order valence-electron chi connectivity index (χ4n) is 1.04. The number of carbonyl (C=O) groups is 1. The molecule has 17 heavy (non-hydrogen) atoms. The molecular weight excluding hydrogens is 262 g/mol. The van der Waals surface area contributed by atoms with Gasteiger partial charge in [0.05, 0.1) is 6.54 Å². The molecule has 1 heterocycles. The maximum atomic E-state index is 12.0. The second-order valence-electron chi connectivity index (χ2n) is 3.16. The van der Waals surface area contributed by atoms with Crippen molar-refractivity contribution in [2.45, 2.75) is 4.21 Å². The molecule has 0 bridgehead atoms. The minimum atomic E-state index is -3.69. The predicted molar refractivity (Wildman–Crippen MR) is 62.9 cm³/mol. The van der Waals surface area contributed by atoms with Crippen molar-refractivity contribution >= 4 is 27.3 Å². The van der Waals surface area contributed by atoms with E-state index < -0.39 is 15.9 Å². The number of carbonyl (C=O) groups excluding carboxylic acids is 1. The lowest BCUT2D eigenvalue weighted by atomic mass is 10.5. The molecule has 0 saturated heterocycles. The van der Waals surface area contributed by atoms with Crippen LogP contribution in [0.3, 0.4) is 0 Å². The van der Waals surface area contributed by atoms with Crippen LogP contribution in [0.4, 0.5) is 0 Å².